The molecule has 0 atom stereocenters. The fourth-order valence-corrected chi connectivity index (χ4v) is 4.44. The summed E-state index contributed by atoms with van der Waals surface area (Å²) in [5, 5.41) is 6.26. The zero-order valence-electron chi connectivity index (χ0n) is 16.1. The number of rotatable bonds is 7. The first-order chi connectivity index (χ1) is 13.3. The van der Waals surface area contributed by atoms with Crippen LogP contribution in [0.4, 0.5) is 5.69 Å². The van der Waals surface area contributed by atoms with Crippen molar-refractivity contribution in [2.24, 2.45) is 0 Å². The van der Waals surface area contributed by atoms with Crippen molar-refractivity contribution >= 4 is 21.6 Å². The van der Waals surface area contributed by atoms with Crippen molar-refractivity contribution in [3.8, 4) is 0 Å². The van der Waals surface area contributed by atoms with Crippen LogP contribution in [0.1, 0.15) is 17.3 Å². The van der Waals surface area contributed by atoms with Crippen molar-refractivity contribution in [1.29, 1.82) is 0 Å². The molecule has 0 unspecified atom stereocenters. The molecule has 0 radical (unpaired) electrons. The quantitative estimate of drug-likeness (QED) is 0.712. The number of anilines is 1. The van der Waals surface area contributed by atoms with Gasteiger partial charge in [0.25, 0.3) is 0 Å². The van der Waals surface area contributed by atoms with Gasteiger partial charge in [0.15, 0.2) is 5.82 Å². The second-order valence-electron chi connectivity index (χ2n) is 6.82. The lowest BCUT2D eigenvalue weighted by molar-refractivity contribution is -0.118. The average molecular weight is 407 g/mol. The maximum atomic E-state index is 12.5. The topological polar surface area (TPSA) is 109 Å². The van der Waals surface area contributed by atoms with Gasteiger partial charge in [0.05, 0.1) is 0 Å². The molecule has 1 aliphatic heterocycles. The highest BCUT2D eigenvalue weighted by Gasteiger charge is 2.29. The highest BCUT2D eigenvalue weighted by molar-refractivity contribution is 7.89. The Hall–Kier alpha value is -2.46. The largest absolute Gasteiger partial charge is 0.369 e. The molecule has 0 bridgehead atoms. The molecule has 28 heavy (non-hydrogen) atoms. The van der Waals surface area contributed by atoms with E-state index in [0.29, 0.717) is 44.3 Å². The van der Waals surface area contributed by atoms with E-state index >= 15 is 0 Å². The SMILES string of the molecule is Cc1cccc(N2CCN(S(=O)(=O)CC(=O)NCCc3nc(C)no3)CC2)c1. The lowest BCUT2D eigenvalue weighted by atomic mass is 10.2. The summed E-state index contributed by atoms with van der Waals surface area (Å²) in [6.45, 7) is 5.91. The Morgan fingerprint density at radius 1 is 1.21 bits per heavy atom. The van der Waals surface area contributed by atoms with E-state index in [9.17, 15) is 13.2 Å². The van der Waals surface area contributed by atoms with Crippen molar-refractivity contribution in [3.63, 3.8) is 0 Å². The molecule has 1 saturated heterocycles. The van der Waals surface area contributed by atoms with Crippen molar-refractivity contribution in [2.75, 3.05) is 43.4 Å². The summed E-state index contributed by atoms with van der Waals surface area (Å²) in [7, 11) is -3.64. The molecule has 0 saturated carbocycles. The number of piperazine rings is 1. The zero-order chi connectivity index (χ0) is 20.1. The fourth-order valence-electron chi connectivity index (χ4n) is 3.11. The van der Waals surface area contributed by atoms with Gasteiger partial charge in [-0.15, -0.1) is 0 Å². The van der Waals surface area contributed by atoms with Crippen LogP contribution in [0.2, 0.25) is 0 Å². The van der Waals surface area contributed by atoms with Crippen molar-refractivity contribution in [2.45, 2.75) is 20.3 Å². The van der Waals surface area contributed by atoms with Gasteiger partial charge in [-0.25, -0.2) is 8.42 Å². The van der Waals surface area contributed by atoms with Crippen LogP contribution in [0.5, 0.6) is 0 Å². The first-order valence-corrected chi connectivity index (χ1v) is 10.8. The smallest absolute Gasteiger partial charge is 0.236 e. The van der Waals surface area contributed by atoms with Gasteiger partial charge in [-0.3, -0.25) is 4.79 Å². The van der Waals surface area contributed by atoms with E-state index in [0.717, 1.165) is 5.69 Å². The number of aromatic nitrogens is 2. The van der Waals surface area contributed by atoms with Crippen LogP contribution >= 0.6 is 0 Å². The molecule has 1 aromatic carbocycles. The molecule has 9 nitrogen and oxygen atoms in total. The number of sulfonamides is 1. The predicted molar refractivity (Wildman–Crippen MR) is 105 cm³/mol. The van der Waals surface area contributed by atoms with Crippen LogP contribution in [-0.2, 0) is 21.2 Å². The van der Waals surface area contributed by atoms with Gasteiger partial charge in [-0.1, -0.05) is 17.3 Å². The van der Waals surface area contributed by atoms with E-state index in [2.05, 4.69) is 26.4 Å². The van der Waals surface area contributed by atoms with E-state index in [1.54, 1.807) is 6.92 Å². The fraction of sp³-hybridized carbons (Fsp3) is 0.500. The number of nitrogens with zero attached hydrogens (tertiary/aromatic N) is 4. The van der Waals surface area contributed by atoms with Gasteiger partial charge in [0, 0.05) is 44.8 Å². The van der Waals surface area contributed by atoms with Crippen LogP contribution in [0.25, 0.3) is 0 Å². The van der Waals surface area contributed by atoms with Crippen LogP contribution in [0.15, 0.2) is 28.8 Å². The normalized spacial score (nSPS) is 15.6. The first-order valence-electron chi connectivity index (χ1n) is 9.19. The Labute approximate surface area is 164 Å². The van der Waals surface area contributed by atoms with Crippen LogP contribution in [0, 0.1) is 13.8 Å². The first kappa shape index (κ1) is 20.3. The summed E-state index contributed by atoms with van der Waals surface area (Å²) >= 11 is 0. The highest BCUT2D eigenvalue weighted by Crippen LogP contribution is 2.19. The lowest BCUT2D eigenvalue weighted by Gasteiger charge is -2.35. The predicted octanol–water partition coefficient (Wildman–Crippen LogP) is 0.497. The molecule has 0 aliphatic carbocycles. The highest BCUT2D eigenvalue weighted by atomic mass is 32.2. The molecule has 1 aliphatic rings. The van der Waals surface area contributed by atoms with Gasteiger partial charge in [0.2, 0.25) is 21.8 Å². The van der Waals surface area contributed by atoms with E-state index in [1.807, 2.05) is 25.1 Å². The van der Waals surface area contributed by atoms with E-state index in [4.69, 9.17) is 4.52 Å². The maximum Gasteiger partial charge on any atom is 0.236 e. The Bertz CT molecular complexity index is 920. The number of hydrogen-bond donors (Lipinski definition) is 1. The van der Waals surface area contributed by atoms with Crippen molar-refractivity contribution in [3.05, 3.63) is 41.5 Å². The molecule has 10 heteroatoms. The number of benzene rings is 1. The third-order valence-corrected chi connectivity index (χ3v) is 6.32. The number of carbonyl (C=O) groups is 1. The number of carbonyl (C=O) groups excluding carboxylic acids is 1. The Balaban J connectivity index is 1.46. The van der Waals surface area contributed by atoms with Crippen LogP contribution in [0.3, 0.4) is 0 Å². The summed E-state index contributed by atoms with van der Waals surface area (Å²) in [4.78, 5) is 18.2. The second kappa shape index (κ2) is 8.70. The number of hydrogen-bond acceptors (Lipinski definition) is 7. The van der Waals surface area contributed by atoms with E-state index in [-0.39, 0.29) is 6.54 Å². The van der Waals surface area contributed by atoms with E-state index < -0.39 is 21.7 Å². The van der Waals surface area contributed by atoms with Crippen LogP contribution in [-0.4, -0.2) is 67.2 Å². The molecule has 1 amide bonds. The van der Waals surface area contributed by atoms with Crippen molar-refractivity contribution < 1.29 is 17.7 Å². The van der Waals surface area contributed by atoms with Crippen molar-refractivity contribution in [1.82, 2.24) is 19.8 Å². The van der Waals surface area contributed by atoms with Gasteiger partial charge in [0.1, 0.15) is 5.75 Å². The molecule has 152 valence electrons. The summed E-state index contributed by atoms with van der Waals surface area (Å²) in [6, 6.07) is 8.13. The van der Waals surface area contributed by atoms with Gasteiger partial charge >= 0.3 is 0 Å². The van der Waals surface area contributed by atoms with Gasteiger partial charge in [-0.05, 0) is 31.5 Å². The minimum atomic E-state index is -3.64. The molecule has 3 rings (SSSR count). The molecule has 0 spiro atoms. The monoisotopic (exact) mass is 407 g/mol. The number of aryl methyl sites for hydroxylation is 2. The summed E-state index contributed by atoms with van der Waals surface area (Å²) in [5.41, 5.74) is 2.26. The number of amides is 1. The molecule has 1 fully saturated rings. The minimum absolute atomic E-state index is 0.247. The van der Waals surface area contributed by atoms with Gasteiger partial charge in [-0.2, -0.15) is 9.29 Å². The molecule has 2 aromatic rings. The molecule has 2 heterocycles. The Morgan fingerprint density at radius 3 is 2.61 bits per heavy atom. The third kappa shape index (κ3) is 5.29. The standard InChI is InChI=1S/C18H25N5O4S/c1-14-4-3-5-16(12-14)22-8-10-23(11-9-22)28(25,26)13-17(24)19-7-6-18-20-15(2)21-27-18/h3-5,12H,6-11,13H2,1-2H3,(H,19,24). The minimum Gasteiger partial charge on any atom is -0.369 e. The average Bonchev–Trinajstić information content (AvgIpc) is 3.06. The van der Waals surface area contributed by atoms with E-state index in [1.165, 1.54) is 9.87 Å². The summed E-state index contributed by atoms with van der Waals surface area (Å²) < 4.78 is 31.4. The Kier molecular flexibility index (Phi) is 6.30. The van der Waals surface area contributed by atoms with Crippen LogP contribution < -0.4 is 10.2 Å². The molecule has 1 aromatic heterocycles. The molecule has 1 N–H and O–H groups in total. The number of nitrogens with one attached hydrogen (secondary N) is 1. The maximum absolute atomic E-state index is 12.5. The summed E-state index contributed by atoms with van der Waals surface area (Å²) in [6.07, 6.45) is 0.363. The summed E-state index contributed by atoms with van der Waals surface area (Å²) in [5.74, 6) is -0.153. The Morgan fingerprint density at radius 2 is 1.96 bits per heavy atom. The second-order valence-corrected chi connectivity index (χ2v) is 8.79. The zero-order valence-corrected chi connectivity index (χ0v) is 16.9. The third-order valence-electron chi connectivity index (χ3n) is 4.54. The molecular weight excluding hydrogens is 382 g/mol. The lowest BCUT2D eigenvalue weighted by Crippen LogP contribution is -2.50. The molecular formula is C18H25N5O4S. The van der Waals surface area contributed by atoms with Gasteiger partial charge < -0.3 is 14.7 Å².